The van der Waals surface area contributed by atoms with Gasteiger partial charge in [-0.25, -0.2) is 12.8 Å². The second-order valence-corrected chi connectivity index (χ2v) is 6.38. The summed E-state index contributed by atoms with van der Waals surface area (Å²) in [6.07, 6.45) is 1.17. The molecule has 0 bridgehead atoms. The minimum Gasteiger partial charge on any atom is -0.508 e. The Morgan fingerprint density at radius 2 is 2.06 bits per heavy atom. The third kappa shape index (κ3) is 5.65. The minimum absolute atomic E-state index is 0.0221. The number of hydrogen-bond donors (Lipinski definition) is 2. The van der Waals surface area contributed by atoms with Gasteiger partial charge in [0.2, 0.25) is 0 Å². The zero-order valence-corrected chi connectivity index (χ0v) is 10.6. The molecule has 96 valence electrons. The number of aromatic hydroxyl groups is 1. The van der Waals surface area contributed by atoms with Crippen LogP contribution >= 0.6 is 0 Å². The highest BCUT2D eigenvalue weighted by Crippen LogP contribution is 2.14. The first kappa shape index (κ1) is 13.9. The number of rotatable bonds is 5. The van der Waals surface area contributed by atoms with Crippen molar-refractivity contribution in [2.24, 2.45) is 0 Å². The lowest BCUT2D eigenvalue weighted by Gasteiger charge is -2.12. The highest BCUT2D eigenvalue weighted by molar-refractivity contribution is 7.90. The van der Waals surface area contributed by atoms with Crippen molar-refractivity contribution >= 4 is 9.84 Å². The Balaban J connectivity index is 2.55. The molecule has 6 heteroatoms. The van der Waals surface area contributed by atoms with Gasteiger partial charge in [-0.1, -0.05) is 0 Å². The van der Waals surface area contributed by atoms with Crippen molar-refractivity contribution < 1.29 is 17.9 Å². The average Bonchev–Trinajstić information content (AvgIpc) is 2.10. The predicted molar refractivity (Wildman–Crippen MR) is 64.1 cm³/mol. The smallest absolute Gasteiger partial charge is 0.148 e. The van der Waals surface area contributed by atoms with Crippen LogP contribution in [-0.4, -0.2) is 31.6 Å². The van der Waals surface area contributed by atoms with Gasteiger partial charge in [-0.15, -0.1) is 0 Å². The Kier molecular flexibility index (Phi) is 4.47. The fourth-order valence-electron chi connectivity index (χ4n) is 1.54. The van der Waals surface area contributed by atoms with Gasteiger partial charge < -0.3 is 10.4 Å². The standard InChI is InChI=1S/C11H16FNO3S/c1-8(7-17(2,15)16)13-6-9-3-10(12)5-11(14)4-9/h3-5,8,13-14H,6-7H2,1-2H3. The topological polar surface area (TPSA) is 66.4 Å². The molecule has 1 aromatic carbocycles. The van der Waals surface area contributed by atoms with Crippen LogP contribution in [0, 0.1) is 5.82 Å². The van der Waals surface area contributed by atoms with Crippen LogP contribution in [0.25, 0.3) is 0 Å². The Hall–Kier alpha value is -1.14. The molecule has 0 amide bonds. The number of phenols is 1. The third-order valence-corrected chi connectivity index (χ3v) is 3.26. The van der Waals surface area contributed by atoms with Crippen LogP contribution in [0.4, 0.5) is 4.39 Å². The molecule has 1 rings (SSSR count). The lowest BCUT2D eigenvalue weighted by Crippen LogP contribution is -2.32. The maximum Gasteiger partial charge on any atom is 0.148 e. The van der Waals surface area contributed by atoms with Crippen molar-refractivity contribution in [3.8, 4) is 5.75 Å². The molecule has 1 unspecified atom stereocenters. The summed E-state index contributed by atoms with van der Waals surface area (Å²) in [5.74, 6) is -0.635. The Labute approximate surface area is 100 Å². The lowest BCUT2D eigenvalue weighted by atomic mass is 10.2. The summed E-state index contributed by atoms with van der Waals surface area (Å²) in [7, 11) is -3.03. The first-order chi connectivity index (χ1) is 7.76. The number of hydrogen-bond acceptors (Lipinski definition) is 4. The van der Waals surface area contributed by atoms with E-state index in [1.54, 1.807) is 6.92 Å². The van der Waals surface area contributed by atoms with Gasteiger partial charge >= 0.3 is 0 Å². The number of sulfone groups is 1. The van der Waals surface area contributed by atoms with E-state index in [0.717, 1.165) is 6.07 Å². The van der Waals surface area contributed by atoms with Gasteiger partial charge in [0.05, 0.1) is 5.75 Å². The highest BCUT2D eigenvalue weighted by Gasteiger charge is 2.10. The van der Waals surface area contributed by atoms with E-state index in [0.29, 0.717) is 12.1 Å². The summed E-state index contributed by atoms with van der Waals surface area (Å²) in [6.45, 7) is 2.04. The number of nitrogens with one attached hydrogen (secondary N) is 1. The van der Waals surface area contributed by atoms with Crippen molar-refractivity contribution in [3.05, 3.63) is 29.6 Å². The summed E-state index contributed by atoms with van der Waals surface area (Å²) in [6, 6.07) is 3.52. The van der Waals surface area contributed by atoms with Gasteiger partial charge in [0.15, 0.2) is 0 Å². The van der Waals surface area contributed by atoms with Crippen LogP contribution in [0.1, 0.15) is 12.5 Å². The summed E-state index contributed by atoms with van der Waals surface area (Å²) >= 11 is 0. The molecule has 0 aliphatic heterocycles. The van der Waals surface area contributed by atoms with E-state index in [4.69, 9.17) is 0 Å². The molecule has 1 atom stereocenters. The van der Waals surface area contributed by atoms with E-state index < -0.39 is 15.7 Å². The van der Waals surface area contributed by atoms with Crippen LogP contribution in [0.5, 0.6) is 5.75 Å². The molecule has 0 heterocycles. The van der Waals surface area contributed by atoms with Crippen LogP contribution in [0.3, 0.4) is 0 Å². The van der Waals surface area contributed by atoms with E-state index in [1.807, 2.05) is 0 Å². The van der Waals surface area contributed by atoms with Crippen LogP contribution < -0.4 is 5.32 Å². The Morgan fingerprint density at radius 1 is 1.41 bits per heavy atom. The molecule has 0 spiro atoms. The van der Waals surface area contributed by atoms with Gasteiger partial charge in [0.25, 0.3) is 0 Å². The zero-order valence-electron chi connectivity index (χ0n) is 9.77. The van der Waals surface area contributed by atoms with Gasteiger partial charge in [-0.2, -0.15) is 0 Å². The minimum atomic E-state index is -3.03. The predicted octanol–water partition coefficient (Wildman–Crippen LogP) is 1.05. The molecule has 0 radical (unpaired) electrons. The van der Waals surface area contributed by atoms with E-state index >= 15 is 0 Å². The maximum atomic E-state index is 12.9. The van der Waals surface area contributed by atoms with Crippen molar-refractivity contribution in [3.63, 3.8) is 0 Å². The molecule has 0 aliphatic carbocycles. The number of benzene rings is 1. The molecule has 0 aromatic heterocycles. The molecule has 0 saturated heterocycles. The van der Waals surface area contributed by atoms with Crippen LogP contribution in [-0.2, 0) is 16.4 Å². The largest absolute Gasteiger partial charge is 0.508 e. The second-order valence-electron chi connectivity index (χ2n) is 4.19. The first-order valence-corrected chi connectivity index (χ1v) is 7.22. The van der Waals surface area contributed by atoms with Crippen molar-refractivity contribution in [2.75, 3.05) is 12.0 Å². The van der Waals surface area contributed by atoms with E-state index in [2.05, 4.69) is 5.32 Å². The van der Waals surface area contributed by atoms with Gasteiger partial charge in [0.1, 0.15) is 21.4 Å². The van der Waals surface area contributed by atoms with Crippen LogP contribution in [0.15, 0.2) is 18.2 Å². The third-order valence-electron chi connectivity index (χ3n) is 2.15. The monoisotopic (exact) mass is 261 g/mol. The molecule has 2 N–H and O–H groups in total. The molecule has 17 heavy (non-hydrogen) atoms. The van der Waals surface area contributed by atoms with Crippen molar-refractivity contribution in [1.82, 2.24) is 5.32 Å². The molecular formula is C11H16FNO3S. The fraction of sp³-hybridized carbons (Fsp3) is 0.455. The van der Waals surface area contributed by atoms with Crippen molar-refractivity contribution in [2.45, 2.75) is 19.5 Å². The SMILES string of the molecule is CC(CS(C)(=O)=O)NCc1cc(O)cc(F)c1. The van der Waals surface area contributed by atoms with E-state index in [1.165, 1.54) is 18.4 Å². The van der Waals surface area contributed by atoms with Gasteiger partial charge in [-0.3, -0.25) is 0 Å². The highest BCUT2D eigenvalue weighted by atomic mass is 32.2. The summed E-state index contributed by atoms with van der Waals surface area (Å²) in [4.78, 5) is 0. The zero-order chi connectivity index (χ0) is 13.1. The molecular weight excluding hydrogens is 245 g/mol. The maximum absolute atomic E-state index is 12.9. The number of phenolic OH excluding ortho intramolecular Hbond substituents is 1. The molecule has 0 aliphatic rings. The second kappa shape index (κ2) is 5.46. The number of halogens is 1. The van der Waals surface area contributed by atoms with Crippen molar-refractivity contribution in [1.29, 1.82) is 0 Å². The fourth-order valence-corrected chi connectivity index (χ4v) is 2.57. The molecule has 0 saturated carbocycles. The average molecular weight is 261 g/mol. The molecule has 1 aromatic rings. The summed E-state index contributed by atoms with van der Waals surface area (Å²) in [5, 5.41) is 12.1. The van der Waals surface area contributed by atoms with Crippen LogP contribution in [0.2, 0.25) is 0 Å². The van der Waals surface area contributed by atoms with E-state index in [9.17, 15) is 17.9 Å². The first-order valence-electron chi connectivity index (χ1n) is 5.16. The molecule has 0 fully saturated rings. The quantitative estimate of drug-likeness (QED) is 0.831. The van der Waals surface area contributed by atoms with Gasteiger partial charge in [-0.05, 0) is 24.6 Å². The summed E-state index contributed by atoms with van der Waals surface area (Å²) in [5.41, 5.74) is 0.572. The van der Waals surface area contributed by atoms with E-state index in [-0.39, 0.29) is 17.5 Å². The summed E-state index contributed by atoms with van der Waals surface area (Å²) < 4.78 is 35.0. The normalized spacial score (nSPS) is 13.6. The Morgan fingerprint density at radius 3 is 2.59 bits per heavy atom. The van der Waals surface area contributed by atoms with Gasteiger partial charge in [0, 0.05) is 24.9 Å². The Bertz CT molecular complexity index is 467. The lowest BCUT2D eigenvalue weighted by molar-refractivity contribution is 0.466. The molecule has 4 nitrogen and oxygen atoms in total.